The minimum Gasteiger partial charge on any atom is -0.508 e. The Bertz CT molecular complexity index is 1300. The molecule has 0 aliphatic heterocycles. The quantitative estimate of drug-likeness (QED) is 0.174. The van der Waals surface area contributed by atoms with E-state index in [-0.39, 0.29) is 23.2 Å². The zero-order chi connectivity index (χ0) is 31.7. The summed E-state index contributed by atoms with van der Waals surface area (Å²) in [7, 11) is 0. The highest BCUT2D eigenvalue weighted by Gasteiger charge is 2.81. The summed E-state index contributed by atoms with van der Waals surface area (Å²) in [5.74, 6) is 3.58. The summed E-state index contributed by atoms with van der Waals surface area (Å²) in [5, 5.41) is 9.52. The molecular formula is C41H60O3. The molecule has 44 heavy (non-hydrogen) atoms. The molecule has 0 aromatic heterocycles. The van der Waals surface area contributed by atoms with Crippen LogP contribution in [0.2, 0.25) is 0 Å². The smallest absolute Gasteiger partial charge is 0.331 e. The SMILES string of the molecule is C=C(C)[C@](C)(CC)CC[C@@H](C)[C@H]1CC[C@@]2(C)[C@@H]3CC[C@H]4[C@H](C)[C@@H](OC(=O)C=Cc5ccc(O)cc5)CC[C@@]45C[C@@]35CC[C@]12C. The molecular weight excluding hydrogens is 540 g/mol. The normalized spacial score (nSPS) is 42.8. The van der Waals surface area contributed by atoms with Gasteiger partial charge in [-0.2, -0.15) is 0 Å². The zero-order valence-corrected chi connectivity index (χ0v) is 28.9. The molecule has 242 valence electrons. The molecule has 3 nitrogen and oxygen atoms in total. The first kappa shape index (κ1) is 31.9. The molecule has 0 heterocycles. The molecule has 1 N–H and O–H groups in total. The van der Waals surface area contributed by atoms with Crippen LogP contribution in [0.3, 0.4) is 0 Å². The Morgan fingerprint density at radius 1 is 1.07 bits per heavy atom. The van der Waals surface area contributed by atoms with Crippen LogP contribution in [0, 0.1) is 56.7 Å². The Morgan fingerprint density at radius 2 is 1.80 bits per heavy atom. The molecule has 0 bridgehead atoms. The summed E-state index contributed by atoms with van der Waals surface area (Å²) in [6.07, 6.45) is 19.2. The first-order chi connectivity index (χ1) is 20.8. The number of phenols is 1. The predicted octanol–water partition coefficient (Wildman–Crippen LogP) is 10.8. The van der Waals surface area contributed by atoms with E-state index in [4.69, 9.17) is 4.74 Å². The molecule has 0 unspecified atom stereocenters. The van der Waals surface area contributed by atoms with Crippen molar-refractivity contribution in [2.24, 2.45) is 56.7 Å². The third-order valence-corrected chi connectivity index (χ3v) is 15.9. The lowest BCUT2D eigenvalue weighted by Crippen LogP contribution is -2.56. The average molecular weight is 601 g/mol. The highest BCUT2D eigenvalue weighted by molar-refractivity contribution is 5.87. The van der Waals surface area contributed by atoms with E-state index in [1.54, 1.807) is 24.3 Å². The molecule has 6 rings (SSSR count). The minimum atomic E-state index is -0.236. The maximum Gasteiger partial charge on any atom is 0.331 e. The van der Waals surface area contributed by atoms with Gasteiger partial charge in [-0.25, -0.2) is 4.79 Å². The molecule has 11 atom stereocenters. The molecule has 3 heteroatoms. The number of aromatic hydroxyl groups is 1. The standard InChI is InChI=1S/C41H60O3/c1-9-37(6,27(2)3)21-18-28(4)32-19-22-39(8)35-16-15-33-29(5)34(44-36(43)17-12-30-10-13-31(42)14-11-30)20-23-40(33)26-41(35,40)25-24-38(32,39)7/h10-14,17,28-29,32-35,42H,2,9,15-16,18-26H2,1,3-8H3/t28-,29+,32-,33+,34+,35+,37-,38-,39+,40-,41+/m1/s1. The van der Waals surface area contributed by atoms with Crippen LogP contribution in [0.5, 0.6) is 5.75 Å². The largest absolute Gasteiger partial charge is 0.508 e. The van der Waals surface area contributed by atoms with E-state index in [1.165, 1.54) is 76.2 Å². The van der Waals surface area contributed by atoms with Gasteiger partial charge in [-0.05, 0) is 164 Å². The van der Waals surface area contributed by atoms with E-state index in [0.29, 0.717) is 33.5 Å². The van der Waals surface area contributed by atoms with Crippen LogP contribution in [0.25, 0.3) is 6.08 Å². The number of fused-ring (bicyclic) bond motifs is 2. The Hall–Kier alpha value is -2.03. The number of benzene rings is 1. The molecule has 0 saturated heterocycles. The van der Waals surface area contributed by atoms with Crippen LogP contribution < -0.4 is 0 Å². The lowest BCUT2D eigenvalue weighted by Gasteiger charge is -2.62. The van der Waals surface area contributed by atoms with E-state index in [1.807, 2.05) is 12.1 Å². The van der Waals surface area contributed by atoms with Gasteiger partial charge in [0.1, 0.15) is 11.9 Å². The predicted molar refractivity (Wildman–Crippen MR) is 181 cm³/mol. The first-order valence-corrected chi connectivity index (χ1v) is 18.1. The van der Waals surface area contributed by atoms with Gasteiger partial charge in [0.25, 0.3) is 0 Å². The summed E-state index contributed by atoms with van der Waals surface area (Å²) >= 11 is 0. The number of carbonyl (C=O) groups excluding carboxylic acids is 1. The Kier molecular flexibility index (Phi) is 8.02. The number of esters is 1. The second-order valence-corrected chi connectivity index (χ2v) is 17.2. The van der Waals surface area contributed by atoms with Gasteiger partial charge in [-0.15, -0.1) is 0 Å². The van der Waals surface area contributed by atoms with Crippen LogP contribution in [-0.4, -0.2) is 17.2 Å². The zero-order valence-electron chi connectivity index (χ0n) is 28.9. The second-order valence-electron chi connectivity index (χ2n) is 17.2. The van der Waals surface area contributed by atoms with Crippen molar-refractivity contribution in [2.75, 3.05) is 0 Å². The van der Waals surface area contributed by atoms with Crippen molar-refractivity contribution >= 4 is 12.0 Å². The van der Waals surface area contributed by atoms with Crippen LogP contribution >= 0.6 is 0 Å². The third kappa shape index (κ3) is 4.67. The van der Waals surface area contributed by atoms with Crippen molar-refractivity contribution in [3.8, 4) is 5.75 Å². The van der Waals surface area contributed by atoms with Crippen molar-refractivity contribution in [3.63, 3.8) is 0 Å². The topological polar surface area (TPSA) is 46.5 Å². The van der Waals surface area contributed by atoms with E-state index in [0.717, 1.165) is 29.7 Å². The van der Waals surface area contributed by atoms with Crippen molar-refractivity contribution in [1.82, 2.24) is 0 Å². The number of hydrogen-bond donors (Lipinski definition) is 1. The van der Waals surface area contributed by atoms with Crippen molar-refractivity contribution < 1.29 is 14.6 Å². The molecule has 1 aromatic carbocycles. The molecule has 5 fully saturated rings. The van der Waals surface area contributed by atoms with Crippen LogP contribution in [0.15, 0.2) is 42.5 Å². The average Bonchev–Trinajstić information content (AvgIpc) is 3.58. The van der Waals surface area contributed by atoms with Gasteiger partial charge < -0.3 is 9.84 Å². The molecule has 5 aliphatic rings. The molecule has 0 amide bonds. The summed E-state index contributed by atoms with van der Waals surface area (Å²) in [6.45, 7) is 21.8. The summed E-state index contributed by atoms with van der Waals surface area (Å²) in [5.41, 5.74) is 4.44. The monoisotopic (exact) mass is 600 g/mol. The van der Waals surface area contributed by atoms with E-state index < -0.39 is 0 Å². The van der Waals surface area contributed by atoms with Crippen molar-refractivity contribution in [2.45, 2.75) is 132 Å². The fourth-order valence-corrected chi connectivity index (χ4v) is 12.5. The van der Waals surface area contributed by atoms with Crippen LogP contribution in [-0.2, 0) is 9.53 Å². The highest BCUT2D eigenvalue weighted by atomic mass is 16.5. The van der Waals surface area contributed by atoms with Gasteiger partial charge in [0, 0.05) is 6.08 Å². The Balaban J connectivity index is 1.12. The number of carbonyl (C=O) groups is 1. The lowest BCUT2D eigenvalue weighted by molar-refractivity contribution is -0.162. The Labute approximate surface area is 268 Å². The van der Waals surface area contributed by atoms with Crippen LogP contribution in [0.4, 0.5) is 0 Å². The lowest BCUT2D eigenvalue weighted by atomic mass is 9.43. The maximum absolute atomic E-state index is 12.9. The van der Waals surface area contributed by atoms with E-state index >= 15 is 0 Å². The molecule has 2 spiro atoms. The highest BCUT2D eigenvalue weighted by Crippen LogP contribution is 2.88. The first-order valence-electron chi connectivity index (χ1n) is 18.1. The number of phenolic OH excluding ortho intramolecular Hbond substituents is 1. The second kappa shape index (κ2) is 11.0. The number of hydrogen-bond acceptors (Lipinski definition) is 3. The third-order valence-electron chi connectivity index (χ3n) is 15.9. The van der Waals surface area contributed by atoms with Gasteiger partial charge in [0.05, 0.1) is 0 Å². The summed E-state index contributed by atoms with van der Waals surface area (Å²) in [4.78, 5) is 12.9. The number of allylic oxidation sites excluding steroid dienone is 1. The number of ether oxygens (including phenoxy) is 1. The molecule has 5 saturated carbocycles. The summed E-state index contributed by atoms with van der Waals surface area (Å²) in [6, 6.07) is 6.91. The Morgan fingerprint density at radius 3 is 2.48 bits per heavy atom. The van der Waals surface area contributed by atoms with Crippen molar-refractivity contribution in [3.05, 3.63) is 48.1 Å². The molecule has 5 aliphatic carbocycles. The van der Waals surface area contributed by atoms with E-state index in [9.17, 15) is 9.90 Å². The van der Waals surface area contributed by atoms with Crippen molar-refractivity contribution in [1.29, 1.82) is 0 Å². The number of rotatable bonds is 9. The van der Waals surface area contributed by atoms with Gasteiger partial charge in [-0.3, -0.25) is 0 Å². The van der Waals surface area contributed by atoms with Gasteiger partial charge in [0.2, 0.25) is 0 Å². The maximum atomic E-state index is 12.9. The van der Waals surface area contributed by atoms with Gasteiger partial charge >= 0.3 is 5.97 Å². The fraction of sp³-hybridized carbons (Fsp3) is 0.732. The summed E-state index contributed by atoms with van der Waals surface area (Å²) < 4.78 is 6.13. The van der Waals surface area contributed by atoms with E-state index in [2.05, 4.69) is 55.0 Å². The van der Waals surface area contributed by atoms with Gasteiger partial charge in [-0.1, -0.05) is 65.8 Å². The van der Waals surface area contributed by atoms with Crippen LogP contribution in [0.1, 0.15) is 131 Å². The molecule has 1 aromatic rings. The molecule has 0 radical (unpaired) electrons. The minimum absolute atomic E-state index is 0.0194. The van der Waals surface area contributed by atoms with Gasteiger partial charge in [0.15, 0.2) is 0 Å². The fourth-order valence-electron chi connectivity index (χ4n) is 12.5.